The minimum atomic E-state index is 0.630. The van der Waals surface area contributed by atoms with Crippen LogP contribution in [0.1, 0.15) is 202 Å². The van der Waals surface area contributed by atoms with E-state index in [2.05, 4.69) is 370 Å². The van der Waals surface area contributed by atoms with E-state index in [1.54, 1.807) is 5.56 Å². The monoisotopic (exact) mass is 1820 g/mol. The number of hydrogen-bond donors (Lipinski definition) is 0. The minimum Gasteiger partial charge on any atom is -0.372 e. The van der Waals surface area contributed by atoms with E-state index in [1.165, 1.54) is 318 Å². The van der Waals surface area contributed by atoms with Crippen LogP contribution in [0.3, 0.4) is 0 Å². The fourth-order valence-corrected chi connectivity index (χ4v) is 20.9. The van der Waals surface area contributed by atoms with E-state index >= 15 is 0 Å². The predicted molar refractivity (Wildman–Crippen MR) is 576 cm³/mol. The molecule has 12 fully saturated rings. The molecule has 726 valence electrons. The lowest BCUT2D eigenvalue weighted by molar-refractivity contribution is 0.133. The molecule has 0 spiro atoms. The molecular formula is C118H174N16. The molecule has 0 N–H and O–H groups in total. The predicted octanol–water partition coefficient (Wildman–Crippen LogP) is 22.3. The maximum Gasteiger partial charge on any atom is 0.225 e. The van der Waals surface area contributed by atoms with Crippen LogP contribution in [0.4, 0.5) is 40.1 Å². The standard InChI is InChI=1S/C15H22N2.C15H21N.C14H20N2.C14H22N2.2C13H19N.C12H18N2.C12H17N.C10H16N4/c1-13-5-7-14(8-6-13)17-11-10-16-9-3-2-4-15(16)12-17;1-12-2-4-13(5-3-12)14-8-10-16(11-9-14)15-6-7-15;1-12-4-6-13(7-5-12)16-10-9-15-8-2-3-14(15)11-16;1-11-5-7-14(8-6-11)16-9-12(2)15(4)13(3)10-16;1-11-3-5-12(6-4-11)13-7-9-14(2)10-8-13;1-12-6-8-13(9-7-12)14-10-4-2-3-5-11-14;1-11-3-5-12(6-4-11)14-9-7-13(2)8-10-14;1-11-5-7-12(8-6-11)13-9-3-2-4-10-13;1-9-7-11-10(12-8-9)14-5-3-13(2)4-6-14/h5-8,15H,2-4,9-12H2,1H3;2-5,14-15H,6-11H2,1H3;4-7,14H,2-3,8-11H2,1H3;5-8,12-13H,9-10H2,1-4H3;3-6,13H,7-10H2,1-2H3;6-9H,2-5,10-11H2,1H3;3-6H,7-10H2,1-2H3;5-8H,2-4,9-10H2,1H3;7-8H,3-6H2,1-2H3/t;;;12-,13+;;;;;. The van der Waals surface area contributed by atoms with Crippen molar-refractivity contribution in [1.82, 2.24) is 44.3 Å². The third-order valence-electron chi connectivity index (χ3n) is 30.6. The first kappa shape index (κ1) is 103. The highest BCUT2D eigenvalue weighted by Crippen LogP contribution is 2.36. The van der Waals surface area contributed by atoms with Crippen molar-refractivity contribution in [1.29, 1.82) is 0 Å². The number of likely N-dealkylation sites (tertiary alicyclic amines) is 2. The highest BCUT2D eigenvalue weighted by atomic mass is 15.3. The summed E-state index contributed by atoms with van der Waals surface area (Å²) in [4.78, 5) is 43.6. The third kappa shape index (κ3) is 33.0. The number of aromatic nitrogens is 2. The summed E-state index contributed by atoms with van der Waals surface area (Å²) < 4.78 is 0. The zero-order valence-corrected chi connectivity index (χ0v) is 85.9. The Morgan fingerprint density at radius 2 is 0.485 bits per heavy atom. The third-order valence-corrected chi connectivity index (χ3v) is 30.6. The van der Waals surface area contributed by atoms with Gasteiger partial charge in [-0.1, -0.05) is 185 Å². The Labute approximate surface area is 813 Å². The van der Waals surface area contributed by atoms with Crippen LogP contribution in [-0.4, -0.2) is 273 Å². The quantitative estimate of drug-likeness (QED) is 0.130. The number of aryl methyl sites for hydroxylation is 9. The molecule has 1 saturated carbocycles. The van der Waals surface area contributed by atoms with Gasteiger partial charge in [-0.25, -0.2) is 9.97 Å². The molecule has 8 aromatic carbocycles. The van der Waals surface area contributed by atoms with E-state index in [1.807, 2.05) is 19.3 Å². The van der Waals surface area contributed by atoms with Gasteiger partial charge in [0, 0.05) is 208 Å². The van der Waals surface area contributed by atoms with Crippen molar-refractivity contribution in [2.24, 2.45) is 0 Å². The molecule has 9 aromatic rings. The molecule has 21 rings (SSSR count). The number of likely N-dealkylation sites (N-methyl/N-ethyl adjacent to an activating group) is 3. The first-order valence-electron chi connectivity index (χ1n) is 52.6. The highest BCUT2D eigenvalue weighted by Gasteiger charge is 2.35. The van der Waals surface area contributed by atoms with Crippen LogP contribution in [0, 0.1) is 62.3 Å². The number of piperazine rings is 5. The van der Waals surface area contributed by atoms with Gasteiger partial charge in [0.2, 0.25) is 5.95 Å². The number of hydrogen-bond acceptors (Lipinski definition) is 16. The summed E-state index contributed by atoms with van der Waals surface area (Å²) in [6, 6.07) is 75.5. The minimum absolute atomic E-state index is 0.630. The van der Waals surface area contributed by atoms with E-state index < -0.39 is 0 Å². The van der Waals surface area contributed by atoms with Crippen molar-refractivity contribution in [2.75, 3.05) is 233 Å². The van der Waals surface area contributed by atoms with Crippen molar-refractivity contribution < 1.29 is 0 Å². The largest absolute Gasteiger partial charge is 0.372 e. The molecule has 0 radical (unpaired) electrons. The summed E-state index contributed by atoms with van der Waals surface area (Å²) in [5, 5.41) is 0. The Balaban J connectivity index is 0.000000128. The van der Waals surface area contributed by atoms with Crippen molar-refractivity contribution in [3.8, 4) is 0 Å². The van der Waals surface area contributed by atoms with Crippen LogP contribution in [0.25, 0.3) is 0 Å². The van der Waals surface area contributed by atoms with Gasteiger partial charge >= 0.3 is 0 Å². The van der Waals surface area contributed by atoms with E-state index in [0.717, 1.165) is 93.8 Å². The topological polar surface area (TPSA) is 71.1 Å². The van der Waals surface area contributed by atoms with Crippen molar-refractivity contribution >= 4 is 40.1 Å². The number of fused-ring (bicyclic) bond motifs is 2. The van der Waals surface area contributed by atoms with Crippen molar-refractivity contribution in [3.05, 3.63) is 268 Å². The van der Waals surface area contributed by atoms with Crippen LogP contribution in [0.2, 0.25) is 0 Å². The summed E-state index contributed by atoms with van der Waals surface area (Å²) in [6.45, 7) is 55.0. The van der Waals surface area contributed by atoms with Gasteiger partial charge in [0.05, 0.1) is 0 Å². The maximum atomic E-state index is 4.32. The summed E-state index contributed by atoms with van der Waals surface area (Å²) in [6.07, 6.45) is 28.7. The zero-order valence-electron chi connectivity index (χ0n) is 85.9. The van der Waals surface area contributed by atoms with Crippen LogP contribution in [0.15, 0.2) is 207 Å². The zero-order chi connectivity index (χ0) is 94.1. The number of nitrogens with zero attached hydrogens (tertiary/aromatic N) is 16. The Bertz CT molecular complexity index is 4550. The van der Waals surface area contributed by atoms with Gasteiger partial charge in [-0.15, -0.1) is 0 Å². The number of benzene rings is 8. The Hall–Kier alpha value is -8.84. The summed E-state index contributed by atoms with van der Waals surface area (Å²) in [5.74, 6) is 2.48. The molecule has 11 aliphatic heterocycles. The maximum absolute atomic E-state index is 4.32. The average Bonchev–Trinajstić information content (AvgIpc) is 0.974. The number of anilines is 7. The fraction of sp³-hybridized carbons (Fsp3) is 0.559. The second-order valence-electron chi connectivity index (χ2n) is 41.7. The second kappa shape index (κ2) is 53.2. The molecule has 0 bridgehead atoms. The lowest BCUT2D eigenvalue weighted by Gasteiger charge is -2.45. The van der Waals surface area contributed by atoms with Crippen molar-refractivity contribution in [2.45, 2.75) is 234 Å². The van der Waals surface area contributed by atoms with Gasteiger partial charge in [-0.05, 0) is 341 Å². The molecule has 16 heteroatoms. The lowest BCUT2D eigenvalue weighted by atomic mass is 9.89. The Kier molecular flexibility index (Phi) is 40.7. The molecule has 11 saturated heterocycles. The fourth-order valence-electron chi connectivity index (χ4n) is 20.9. The van der Waals surface area contributed by atoms with E-state index in [9.17, 15) is 0 Å². The molecule has 2 unspecified atom stereocenters. The van der Waals surface area contributed by atoms with Gasteiger partial charge in [0.15, 0.2) is 0 Å². The molecule has 12 heterocycles. The van der Waals surface area contributed by atoms with Gasteiger partial charge < -0.3 is 53.9 Å². The Morgan fingerprint density at radius 1 is 0.209 bits per heavy atom. The second-order valence-corrected chi connectivity index (χ2v) is 41.7. The molecule has 12 aliphatic rings. The SMILES string of the molecule is Cc1ccc(C2CCN(C)CC2)cc1.Cc1ccc(C2CCN(C3CC3)CC2)cc1.Cc1ccc(N2CCCCC2)cc1.Cc1ccc(N2CCCCCC2)cc1.Cc1ccc(N2CCN(C)CC2)cc1.Cc1ccc(N2CCN3CCCC3C2)cc1.Cc1ccc(N2CCN3CCCCC3C2)cc1.Cc1ccc(N2C[C@@H](C)N(C)[C@@H](C)C2)cc1.Cc1cnc(N2CCN(C)CC2)nc1. The van der Waals surface area contributed by atoms with Crippen molar-refractivity contribution in [3.63, 3.8) is 0 Å². The summed E-state index contributed by atoms with van der Waals surface area (Å²) >= 11 is 0. The van der Waals surface area contributed by atoms with Crippen LogP contribution < -0.4 is 34.3 Å². The number of rotatable bonds is 10. The molecule has 134 heavy (non-hydrogen) atoms. The molecule has 1 aromatic heterocycles. The van der Waals surface area contributed by atoms with Gasteiger partial charge in [0.25, 0.3) is 0 Å². The van der Waals surface area contributed by atoms with Crippen LogP contribution in [0.5, 0.6) is 0 Å². The summed E-state index contributed by atoms with van der Waals surface area (Å²) in [5.41, 5.74) is 23.3. The molecule has 1 aliphatic carbocycles. The number of piperidine rings is 4. The van der Waals surface area contributed by atoms with Gasteiger partial charge in [-0.2, -0.15) is 0 Å². The van der Waals surface area contributed by atoms with Gasteiger partial charge in [-0.3, -0.25) is 14.7 Å². The van der Waals surface area contributed by atoms with Crippen LogP contribution in [-0.2, 0) is 0 Å². The van der Waals surface area contributed by atoms with E-state index in [0.29, 0.717) is 12.1 Å². The Morgan fingerprint density at radius 3 is 0.851 bits per heavy atom. The van der Waals surface area contributed by atoms with E-state index in [4.69, 9.17) is 0 Å². The lowest BCUT2D eigenvalue weighted by Crippen LogP contribution is -2.55. The molecule has 0 amide bonds. The summed E-state index contributed by atoms with van der Waals surface area (Å²) in [7, 11) is 8.77. The van der Waals surface area contributed by atoms with Gasteiger partial charge in [0.1, 0.15) is 0 Å². The van der Waals surface area contributed by atoms with E-state index in [-0.39, 0.29) is 0 Å². The average molecular weight is 1820 g/mol. The normalized spacial score (nSPS) is 21.9. The highest BCUT2D eigenvalue weighted by molar-refractivity contribution is 5.53. The molecular weight excluding hydrogens is 1640 g/mol. The smallest absolute Gasteiger partial charge is 0.225 e. The first-order valence-corrected chi connectivity index (χ1v) is 52.6. The van der Waals surface area contributed by atoms with Crippen LogP contribution >= 0.6 is 0 Å². The first-order chi connectivity index (χ1) is 65.0. The molecule has 16 nitrogen and oxygen atoms in total. The molecule has 4 atom stereocenters.